The second-order valence-corrected chi connectivity index (χ2v) is 5.47. The number of carboxylic acids is 1. The SMILES string of the molecule is C1CNCCN1.O=C(O)c1cncc(Cl)c1N1CCNCC1. The van der Waals surface area contributed by atoms with Gasteiger partial charge >= 0.3 is 5.97 Å². The lowest BCUT2D eigenvalue weighted by Crippen LogP contribution is -2.44. The maximum absolute atomic E-state index is 11.1. The lowest BCUT2D eigenvalue weighted by molar-refractivity contribution is 0.0697. The Morgan fingerprint density at radius 1 is 1.05 bits per heavy atom. The Bertz CT molecular complexity index is 479. The Kier molecular flexibility index (Phi) is 6.85. The molecule has 1 aromatic rings. The first kappa shape index (κ1) is 17.0. The number of nitrogens with one attached hydrogen (secondary N) is 3. The van der Waals surface area contributed by atoms with Crippen molar-refractivity contribution in [1.29, 1.82) is 0 Å². The molecule has 8 heteroatoms. The molecule has 2 aliphatic rings. The van der Waals surface area contributed by atoms with E-state index >= 15 is 0 Å². The molecule has 4 N–H and O–H groups in total. The number of anilines is 1. The quantitative estimate of drug-likeness (QED) is 0.609. The number of hydrogen-bond donors (Lipinski definition) is 4. The van der Waals surface area contributed by atoms with Gasteiger partial charge in [0.25, 0.3) is 0 Å². The van der Waals surface area contributed by atoms with E-state index in [1.54, 1.807) is 0 Å². The second-order valence-electron chi connectivity index (χ2n) is 5.06. The van der Waals surface area contributed by atoms with Gasteiger partial charge in [-0.3, -0.25) is 4.98 Å². The molecule has 2 fully saturated rings. The first-order chi connectivity index (χ1) is 10.7. The van der Waals surface area contributed by atoms with E-state index in [4.69, 9.17) is 16.7 Å². The summed E-state index contributed by atoms with van der Waals surface area (Å²) >= 11 is 6.02. The third kappa shape index (κ3) is 4.81. The van der Waals surface area contributed by atoms with Gasteiger partial charge in [-0.05, 0) is 0 Å². The molecule has 1 aromatic heterocycles. The van der Waals surface area contributed by atoms with Gasteiger partial charge in [0.15, 0.2) is 0 Å². The number of pyridine rings is 1. The Hall–Kier alpha value is -1.41. The number of halogens is 1. The zero-order chi connectivity index (χ0) is 15.8. The number of aromatic nitrogens is 1. The van der Waals surface area contributed by atoms with Gasteiger partial charge in [0.2, 0.25) is 0 Å². The van der Waals surface area contributed by atoms with E-state index in [0.717, 1.165) is 52.4 Å². The Morgan fingerprint density at radius 2 is 1.59 bits per heavy atom. The van der Waals surface area contributed by atoms with Crippen molar-refractivity contribution in [2.75, 3.05) is 57.3 Å². The lowest BCUT2D eigenvalue weighted by Gasteiger charge is -2.30. The minimum absolute atomic E-state index is 0.161. The van der Waals surface area contributed by atoms with Crippen molar-refractivity contribution >= 4 is 23.3 Å². The third-order valence-electron chi connectivity index (χ3n) is 3.49. The van der Waals surface area contributed by atoms with Gasteiger partial charge in [0.05, 0.1) is 10.7 Å². The molecule has 0 atom stereocenters. The number of carboxylic acid groups (broad SMARTS) is 1. The lowest BCUT2D eigenvalue weighted by atomic mass is 10.2. The van der Waals surface area contributed by atoms with Crippen LogP contribution in [0.1, 0.15) is 10.4 Å². The van der Waals surface area contributed by atoms with E-state index in [-0.39, 0.29) is 5.56 Å². The first-order valence-corrected chi connectivity index (χ1v) is 7.82. The Morgan fingerprint density at radius 3 is 2.09 bits per heavy atom. The summed E-state index contributed by atoms with van der Waals surface area (Å²) in [5.74, 6) is -0.997. The molecular weight excluding hydrogens is 306 g/mol. The van der Waals surface area contributed by atoms with Gasteiger partial charge in [-0.15, -0.1) is 0 Å². The van der Waals surface area contributed by atoms with Gasteiger partial charge in [-0.1, -0.05) is 11.6 Å². The summed E-state index contributed by atoms with van der Waals surface area (Å²) in [6.45, 7) is 7.73. The fourth-order valence-corrected chi connectivity index (χ4v) is 2.68. The molecule has 22 heavy (non-hydrogen) atoms. The van der Waals surface area contributed by atoms with Crippen LogP contribution in [0.3, 0.4) is 0 Å². The van der Waals surface area contributed by atoms with Crippen LogP contribution in [0.5, 0.6) is 0 Å². The summed E-state index contributed by atoms with van der Waals surface area (Å²) in [4.78, 5) is 16.9. The second kappa shape index (κ2) is 8.89. The van der Waals surface area contributed by atoms with Crippen molar-refractivity contribution in [2.45, 2.75) is 0 Å². The molecule has 2 aliphatic heterocycles. The van der Waals surface area contributed by atoms with Crippen LogP contribution in [-0.4, -0.2) is 68.4 Å². The molecule has 3 heterocycles. The molecule has 0 aromatic carbocycles. The number of hydrogen-bond acceptors (Lipinski definition) is 6. The fraction of sp³-hybridized carbons (Fsp3) is 0.571. The van der Waals surface area contributed by atoms with Crippen molar-refractivity contribution in [1.82, 2.24) is 20.9 Å². The van der Waals surface area contributed by atoms with Crippen LogP contribution in [0, 0.1) is 0 Å². The van der Waals surface area contributed by atoms with E-state index in [1.165, 1.54) is 12.4 Å². The van der Waals surface area contributed by atoms with E-state index < -0.39 is 5.97 Å². The average molecular weight is 328 g/mol. The molecule has 0 radical (unpaired) electrons. The topological polar surface area (TPSA) is 89.5 Å². The highest BCUT2D eigenvalue weighted by Gasteiger charge is 2.21. The Labute approximate surface area is 135 Å². The molecule has 0 saturated carbocycles. The van der Waals surface area contributed by atoms with Crippen LogP contribution in [0.25, 0.3) is 0 Å². The van der Waals surface area contributed by atoms with Crippen LogP contribution < -0.4 is 20.9 Å². The van der Waals surface area contributed by atoms with Crippen LogP contribution in [0.4, 0.5) is 5.69 Å². The number of aromatic carboxylic acids is 1. The molecule has 122 valence electrons. The van der Waals surface area contributed by atoms with Gasteiger partial charge in [-0.2, -0.15) is 0 Å². The zero-order valence-corrected chi connectivity index (χ0v) is 13.2. The highest BCUT2D eigenvalue weighted by molar-refractivity contribution is 6.33. The number of piperazine rings is 2. The number of carbonyl (C=O) groups is 1. The van der Waals surface area contributed by atoms with E-state index in [1.807, 2.05) is 4.90 Å². The minimum Gasteiger partial charge on any atom is -0.478 e. The molecule has 0 bridgehead atoms. The molecule has 3 rings (SSSR count). The third-order valence-corrected chi connectivity index (χ3v) is 3.77. The van der Waals surface area contributed by atoms with Gasteiger partial charge in [0, 0.05) is 64.8 Å². The van der Waals surface area contributed by atoms with E-state index in [0.29, 0.717) is 10.7 Å². The van der Waals surface area contributed by atoms with Crippen molar-refractivity contribution in [2.24, 2.45) is 0 Å². The molecule has 7 nitrogen and oxygen atoms in total. The van der Waals surface area contributed by atoms with Gasteiger partial charge < -0.3 is 26.0 Å². The fourth-order valence-electron chi connectivity index (χ4n) is 2.40. The van der Waals surface area contributed by atoms with Crippen LogP contribution in [-0.2, 0) is 0 Å². The number of rotatable bonds is 2. The van der Waals surface area contributed by atoms with Crippen molar-refractivity contribution in [3.63, 3.8) is 0 Å². The predicted molar refractivity (Wildman–Crippen MR) is 87.0 cm³/mol. The number of nitrogens with zero attached hydrogens (tertiary/aromatic N) is 2. The first-order valence-electron chi connectivity index (χ1n) is 7.44. The van der Waals surface area contributed by atoms with Gasteiger partial charge in [-0.25, -0.2) is 4.79 Å². The minimum atomic E-state index is -0.997. The van der Waals surface area contributed by atoms with Crippen LogP contribution in [0.15, 0.2) is 12.4 Å². The highest BCUT2D eigenvalue weighted by Crippen LogP contribution is 2.29. The summed E-state index contributed by atoms with van der Waals surface area (Å²) in [5, 5.41) is 19.1. The highest BCUT2D eigenvalue weighted by atomic mass is 35.5. The molecule has 0 aliphatic carbocycles. The molecular formula is C14H22ClN5O2. The van der Waals surface area contributed by atoms with Crippen molar-refractivity contribution in [3.8, 4) is 0 Å². The Balaban J connectivity index is 0.000000246. The standard InChI is InChI=1S/C10H12ClN3O2.C4H10N2/c11-8-6-13-5-7(10(15)16)9(8)14-3-1-12-2-4-14;1-2-6-4-3-5-1/h5-6,12H,1-4H2,(H,15,16);5-6H,1-4H2. The predicted octanol–water partition coefficient (Wildman–Crippen LogP) is 0.0220. The van der Waals surface area contributed by atoms with Crippen molar-refractivity contribution < 1.29 is 9.90 Å². The van der Waals surface area contributed by atoms with Gasteiger partial charge in [0.1, 0.15) is 5.56 Å². The maximum Gasteiger partial charge on any atom is 0.339 e. The van der Waals surface area contributed by atoms with Crippen molar-refractivity contribution in [3.05, 3.63) is 23.0 Å². The summed E-state index contributed by atoms with van der Waals surface area (Å²) in [7, 11) is 0. The summed E-state index contributed by atoms with van der Waals surface area (Å²) in [6, 6.07) is 0. The van der Waals surface area contributed by atoms with Crippen LogP contribution in [0.2, 0.25) is 5.02 Å². The smallest absolute Gasteiger partial charge is 0.339 e. The van der Waals surface area contributed by atoms with E-state index in [2.05, 4.69) is 20.9 Å². The summed E-state index contributed by atoms with van der Waals surface area (Å²) < 4.78 is 0. The largest absolute Gasteiger partial charge is 0.478 e. The molecule has 0 spiro atoms. The molecule has 2 saturated heterocycles. The van der Waals surface area contributed by atoms with E-state index in [9.17, 15) is 4.79 Å². The summed E-state index contributed by atoms with van der Waals surface area (Å²) in [6.07, 6.45) is 2.82. The maximum atomic E-state index is 11.1. The average Bonchev–Trinajstić information content (AvgIpc) is 2.57. The molecule has 0 amide bonds. The summed E-state index contributed by atoms with van der Waals surface area (Å²) in [5.41, 5.74) is 0.736. The van der Waals surface area contributed by atoms with Crippen LogP contribution >= 0.6 is 11.6 Å². The molecule has 0 unspecified atom stereocenters. The monoisotopic (exact) mass is 327 g/mol. The normalized spacial score (nSPS) is 18.3. The zero-order valence-electron chi connectivity index (χ0n) is 12.4.